The van der Waals surface area contributed by atoms with E-state index in [-0.39, 0.29) is 23.1 Å². The van der Waals surface area contributed by atoms with Crippen LogP contribution in [0.3, 0.4) is 0 Å². The summed E-state index contributed by atoms with van der Waals surface area (Å²) in [4.78, 5) is 27.6. The number of aromatic nitrogens is 1. The first kappa shape index (κ1) is 19.7. The highest BCUT2D eigenvalue weighted by Gasteiger charge is 2.40. The number of carbonyl (C=O) groups excluding carboxylic acids is 2. The average molecular weight is 417 g/mol. The molecule has 1 aromatic heterocycles. The second-order valence-corrected chi connectivity index (χ2v) is 7.89. The highest BCUT2D eigenvalue weighted by molar-refractivity contribution is 7.90. The number of carbonyl (C=O) groups is 2. The summed E-state index contributed by atoms with van der Waals surface area (Å²) in [5, 5.41) is 0. The van der Waals surface area contributed by atoms with E-state index in [0.717, 1.165) is 11.1 Å². The SMILES string of the molecule is CS(=O)(=O)c1c(F)cc(N2C(=O)CN(Cc3ccncc3F)C2=O)c(F)c1F. The van der Waals surface area contributed by atoms with Crippen molar-refractivity contribution in [3.05, 3.63) is 53.4 Å². The van der Waals surface area contributed by atoms with Gasteiger partial charge in [-0.3, -0.25) is 9.78 Å². The highest BCUT2D eigenvalue weighted by atomic mass is 32.2. The van der Waals surface area contributed by atoms with Crippen LogP contribution in [0, 0.1) is 23.3 Å². The third-order valence-electron chi connectivity index (χ3n) is 3.96. The van der Waals surface area contributed by atoms with Crippen molar-refractivity contribution in [1.82, 2.24) is 9.88 Å². The maximum absolute atomic E-state index is 14.4. The summed E-state index contributed by atoms with van der Waals surface area (Å²) >= 11 is 0. The number of sulfone groups is 1. The highest BCUT2D eigenvalue weighted by Crippen LogP contribution is 2.32. The Kier molecular flexibility index (Phi) is 4.83. The fraction of sp³-hybridized carbons (Fsp3) is 0.188. The molecule has 148 valence electrons. The lowest BCUT2D eigenvalue weighted by atomic mass is 10.2. The number of urea groups is 1. The molecule has 1 fully saturated rings. The van der Waals surface area contributed by atoms with Gasteiger partial charge in [-0.05, 0) is 6.07 Å². The second kappa shape index (κ2) is 6.86. The van der Waals surface area contributed by atoms with Gasteiger partial charge >= 0.3 is 6.03 Å². The maximum atomic E-state index is 14.4. The smallest absolute Gasteiger partial charge is 0.310 e. The molecule has 2 heterocycles. The lowest BCUT2D eigenvalue weighted by Crippen LogP contribution is -2.34. The maximum Gasteiger partial charge on any atom is 0.332 e. The van der Waals surface area contributed by atoms with Gasteiger partial charge < -0.3 is 4.90 Å². The number of rotatable bonds is 4. The zero-order chi connectivity index (χ0) is 20.8. The Labute approximate surface area is 156 Å². The number of hydrogen-bond acceptors (Lipinski definition) is 5. The molecule has 1 saturated heterocycles. The summed E-state index contributed by atoms with van der Waals surface area (Å²) in [5.41, 5.74) is -1.06. The average Bonchev–Trinajstić information content (AvgIpc) is 2.86. The first-order valence-electron chi connectivity index (χ1n) is 7.60. The molecule has 2 aromatic rings. The van der Waals surface area contributed by atoms with Crippen molar-refractivity contribution in [2.24, 2.45) is 0 Å². The van der Waals surface area contributed by atoms with Crippen LogP contribution in [0.4, 0.5) is 28.0 Å². The molecular formula is C16H11F4N3O4S. The van der Waals surface area contributed by atoms with Crippen LogP contribution in [0.2, 0.25) is 0 Å². The molecule has 0 bridgehead atoms. The topological polar surface area (TPSA) is 87.7 Å². The van der Waals surface area contributed by atoms with E-state index in [1.54, 1.807) is 0 Å². The molecule has 0 aliphatic carbocycles. The molecule has 0 saturated carbocycles. The molecule has 1 aromatic carbocycles. The van der Waals surface area contributed by atoms with Crippen LogP contribution >= 0.6 is 0 Å². The molecule has 0 radical (unpaired) electrons. The van der Waals surface area contributed by atoms with E-state index in [9.17, 15) is 35.6 Å². The Morgan fingerprint density at radius 3 is 2.39 bits per heavy atom. The number of halogens is 4. The van der Waals surface area contributed by atoms with Crippen molar-refractivity contribution < 1.29 is 35.6 Å². The Hall–Kier alpha value is -3.02. The van der Waals surface area contributed by atoms with Crippen LogP contribution in [-0.2, 0) is 21.2 Å². The van der Waals surface area contributed by atoms with E-state index in [0.29, 0.717) is 6.26 Å². The number of anilines is 1. The molecule has 0 N–H and O–H groups in total. The van der Waals surface area contributed by atoms with Crippen LogP contribution in [0.25, 0.3) is 0 Å². The summed E-state index contributed by atoms with van der Waals surface area (Å²) in [6.45, 7) is -0.972. The lowest BCUT2D eigenvalue weighted by molar-refractivity contribution is -0.116. The molecule has 0 unspecified atom stereocenters. The van der Waals surface area contributed by atoms with Crippen molar-refractivity contribution in [3.8, 4) is 0 Å². The monoisotopic (exact) mass is 417 g/mol. The standard InChI is InChI=1S/C16H11F4N3O4S/c1-28(26,27)15-9(17)4-11(13(19)14(15)20)23-12(24)7-22(16(23)25)6-8-2-3-21-5-10(8)18/h2-5H,6-7H2,1H3. The number of imide groups is 1. The van der Waals surface area contributed by atoms with E-state index in [1.165, 1.54) is 12.3 Å². The van der Waals surface area contributed by atoms with Crippen molar-refractivity contribution >= 4 is 27.5 Å². The third-order valence-corrected chi connectivity index (χ3v) is 5.08. The van der Waals surface area contributed by atoms with E-state index in [2.05, 4.69) is 4.98 Å². The summed E-state index contributed by atoms with van der Waals surface area (Å²) < 4.78 is 79.1. The molecular weight excluding hydrogens is 406 g/mol. The first-order chi connectivity index (χ1) is 13.0. The van der Waals surface area contributed by atoms with Crippen LogP contribution in [0.1, 0.15) is 5.56 Å². The third kappa shape index (κ3) is 3.30. The van der Waals surface area contributed by atoms with Gasteiger partial charge in [0.1, 0.15) is 23.1 Å². The van der Waals surface area contributed by atoms with Crippen LogP contribution in [0.5, 0.6) is 0 Å². The number of nitrogens with zero attached hydrogens (tertiary/aromatic N) is 3. The predicted octanol–water partition coefficient (Wildman–Crippen LogP) is 2.01. The number of hydrogen-bond donors (Lipinski definition) is 0. The lowest BCUT2D eigenvalue weighted by Gasteiger charge is -2.18. The normalized spacial score (nSPS) is 14.9. The largest absolute Gasteiger partial charge is 0.332 e. The Morgan fingerprint density at radius 2 is 1.79 bits per heavy atom. The summed E-state index contributed by atoms with van der Waals surface area (Å²) in [6, 6.07) is 0.364. The van der Waals surface area contributed by atoms with Crippen molar-refractivity contribution in [1.29, 1.82) is 0 Å². The minimum absolute atomic E-state index is 0.0169. The van der Waals surface area contributed by atoms with Crippen LogP contribution in [0.15, 0.2) is 29.4 Å². The molecule has 1 aliphatic heterocycles. The van der Waals surface area contributed by atoms with Crippen LogP contribution in [-0.4, -0.2) is 43.0 Å². The van der Waals surface area contributed by atoms with Gasteiger partial charge in [-0.25, -0.2) is 35.7 Å². The second-order valence-electron chi connectivity index (χ2n) is 5.94. The van der Waals surface area contributed by atoms with Gasteiger partial charge in [0, 0.05) is 24.1 Å². The Balaban J connectivity index is 2.00. The Bertz CT molecular complexity index is 1110. The summed E-state index contributed by atoms with van der Waals surface area (Å²) in [5.74, 6) is -7.35. The summed E-state index contributed by atoms with van der Waals surface area (Å²) in [6.07, 6.45) is 2.63. The number of pyridine rings is 1. The number of benzene rings is 1. The van der Waals surface area contributed by atoms with Gasteiger partial charge in [0.25, 0.3) is 5.91 Å². The Morgan fingerprint density at radius 1 is 1.11 bits per heavy atom. The minimum atomic E-state index is -4.45. The van der Waals surface area contributed by atoms with E-state index in [4.69, 9.17) is 0 Å². The predicted molar refractivity (Wildman–Crippen MR) is 86.9 cm³/mol. The quantitative estimate of drug-likeness (QED) is 0.432. The molecule has 0 atom stereocenters. The minimum Gasteiger partial charge on any atom is -0.310 e. The van der Waals surface area contributed by atoms with Crippen LogP contribution < -0.4 is 4.90 Å². The van der Waals surface area contributed by atoms with E-state index in [1.807, 2.05) is 0 Å². The first-order valence-corrected chi connectivity index (χ1v) is 9.49. The van der Waals surface area contributed by atoms with Gasteiger partial charge in [-0.15, -0.1) is 0 Å². The van der Waals surface area contributed by atoms with Gasteiger partial charge in [0.15, 0.2) is 21.5 Å². The zero-order valence-electron chi connectivity index (χ0n) is 14.1. The molecule has 1 aliphatic rings. The molecule has 0 spiro atoms. The van der Waals surface area contributed by atoms with Gasteiger partial charge in [0.05, 0.1) is 18.4 Å². The van der Waals surface area contributed by atoms with Gasteiger partial charge in [-0.2, -0.15) is 0 Å². The number of amides is 3. The zero-order valence-corrected chi connectivity index (χ0v) is 14.9. The molecule has 3 rings (SSSR count). The fourth-order valence-corrected chi connectivity index (χ4v) is 3.55. The van der Waals surface area contributed by atoms with E-state index < -0.39 is 62.2 Å². The van der Waals surface area contributed by atoms with E-state index >= 15 is 0 Å². The molecule has 28 heavy (non-hydrogen) atoms. The van der Waals surface area contributed by atoms with Crippen molar-refractivity contribution in [2.45, 2.75) is 11.4 Å². The van der Waals surface area contributed by atoms with Crippen molar-refractivity contribution in [2.75, 3.05) is 17.7 Å². The van der Waals surface area contributed by atoms with Gasteiger partial charge in [-0.1, -0.05) is 0 Å². The van der Waals surface area contributed by atoms with Crippen molar-refractivity contribution in [3.63, 3.8) is 0 Å². The van der Waals surface area contributed by atoms with Gasteiger partial charge in [0.2, 0.25) is 0 Å². The molecule has 7 nitrogen and oxygen atoms in total. The molecule has 3 amide bonds. The summed E-state index contributed by atoms with van der Waals surface area (Å²) in [7, 11) is -4.45. The molecule has 12 heteroatoms. The fourth-order valence-electron chi connectivity index (χ4n) is 2.72.